The number of nitrogens with zero attached hydrogens (tertiary/aromatic N) is 1. The molecule has 2 rings (SSSR count). The number of carbonyl (C=O) groups excluding carboxylic acids is 1. The second-order valence-electron chi connectivity index (χ2n) is 6.28. The number of benzene rings is 1. The molecule has 124 valence electrons. The highest BCUT2D eigenvalue weighted by Crippen LogP contribution is 2.23. The highest BCUT2D eigenvalue weighted by Gasteiger charge is 2.22. The standard InChI is InChI=1S/C18H25N3OS/c1-4-13-5-7-14(8-6-13)18(2,3)12-20-17(22)15-11-23-16(21-15)9-10-19/h5-8,11H,4,9-10,12,19H2,1-3H3,(H,20,22). The first kappa shape index (κ1) is 17.6. The lowest BCUT2D eigenvalue weighted by molar-refractivity contribution is 0.0941. The smallest absolute Gasteiger partial charge is 0.270 e. The summed E-state index contributed by atoms with van der Waals surface area (Å²) in [6, 6.07) is 8.59. The van der Waals surface area contributed by atoms with Crippen LogP contribution >= 0.6 is 11.3 Å². The molecule has 0 fully saturated rings. The van der Waals surface area contributed by atoms with Crippen LogP contribution in [0.3, 0.4) is 0 Å². The maximum atomic E-state index is 12.2. The number of nitrogens with one attached hydrogen (secondary N) is 1. The van der Waals surface area contributed by atoms with Gasteiger partial charge in [-0.2, -0.15) is 0 Å². The molecule has 0 aliphatic carbocycles. The minimum atomic E-state index is -0.127. The summed E-state index contributed by atoms with van der Waals surface area (Å²) in [7, 11) is 0. The summed E-state index contributed by atoms with van der Waals surface area (Å²) in [5.41, 5.74) is 8.41. The summed E-state index contributed by atoms with van der Waals surface area (Å²) in [6.45, 7) is 7.54. The second-order valence-corrected chi connectivity index (χ2v) is 7.22. The van der Waals surface area contributed by atoms with Crippen molar-refractivity contribution in [3.63, 3.8) is 0 Å². The fourth-order valence-corrected chi connectivity index (χ4v) is 3.13. The van der Waals surface area contributed by atoms with Gasteiger partial charge in [0.05, 0.1) is 5.01 Å². The van der Waals surface area contributed by atoms with Gasteiger partial charge in [0.1, 0.15) is 5.69 Å². The van der Waals surface area contributed by atoms with E-state index in [1.807, 2.05) is 0 Å². The Morgan fingerprint density at radius 2 is 2.00 bits per heavy atom. The summed E-state index contributed by atoms with van der Waals surface area (Å²) in [4.78, 5) is 16.6. The van der Waals surface area contributed by atoms with Crippen molar-refractivity contribution < 1.29 is 4.79 Å². The van der Waals surface area contributed by atoms with E-state index < -0.39 is 0 Å². The van der Waals surface area contributed by atoms with Crippen LogP contribution in [-0.2, 0) is 18.3 Å². The SMILES string of the molecule is CCc1ccc(C(C)(C)CNC(=O)c2csc(CCN)n2)cc1. The van der Waals surface area contributed by atoms with Crippen molar-refractivity contribution in [3.8, 4) is 0 Å². The lowest BCUT2D eigenvalue weighted by Gasteiger charge is -2.25. The van der Waals surface area contributed by atoms with Gasteiger partial charge >= 0.3 is 0 Å². The fourth-order valence-electron chi connectivity index (χ4n) is 2.34. The molecule has 1 aromatic heterocycles. The minimum Gasteiger partial charge on any atom is -0.350 e. The van der Waals surface area contributed by atoms with Gasteiger partial charge in [0.2, 0.25) is 0 Å². The molecule has 0 bridgehead atoms. The summed E-state index contributed by atoms with van der Waals surface area (Å²) in [5, 5.41) is 5.70. The van der Waals surface area contributed by atoms with E-state index in [-0.39, 0.29) is 11.3 Å². The van der Waals surface area contributed by atoms with Gasteiger partial charge in [-0.15, -0.1) is 11.3 Å². The van der Waals surface area contributed by atoms with E-state index in [1.54, 1.807) is 5.38 Å². The number of aryl methyl sites for hydroxylation is 1. The average Bonchev–Trinajstić information content (AvgIpc) is 3.02. The molecule has 4 nitrogen and oxygen atoms in total. The van der Waals surface area contributed by atoms with Crippen LogP contribution in [0.15, 0.2) is 29.6 Å². The van der Waals surface area contributed by atoms with Crippen LogP contribution in [0.1, 0.15) is 47.4 Å². The van der Waals surface area contributed by atoms with Crippen molar-refractivity contribution in [2.24, 2.45) is 5.73 Å². The summed E-state index contributed by atoms with van der Waals surface area (Å²) >= 11 is 1.48. The third-order valence-electron chi connectivity index (χ3n) is 3.98. The van der Waals surface area contributed by atoms with Gasteiger partial charge in [-0.05, 0) is 24.1 Å². The third kappa shape index (κ3) is 4.62. The topological polar surface area (TPSA) is 68.0 Å². The van der Waals surface area contributed by atoms with Gasteiger partial charge in [-0.1, -0.05) is 45.0 Å². The number of rotatable bonds is 7. The second kappa shape index (κ2) is 7.70. The van der Waals surface area contributed by atoms with Crippen molar-refractivity contribution in [1.82, 2.24) is 10.3 Å². The predicted molar refractivity (Wildman–Crippen MR) is 96.1 cm³/mol. The number of hydrogen-bond donors (Lipinski definition) is 2. The Bertz CT molecular complexity index is 647. The minimum absolute atomic E-state index is 0.122. The van der Waals surface area contributed by atoms with Gasteiger partial charge < -0.3 is 11.1 Å². The zero-order chi connectivity index (χ0) is 16.9. The third-order valence-corrected chi connectivity index (χ3v) is 4.89. The average molecular weight is 331 g/mol. The molecular weight excluding hydrogens is 306 g/mol. The van der Waals surface area contributed by atoms with Crippen molar-refractivity contribution in [1.29, 1.82) is 0 Å². The van der Waals surface area contributed by atoms with Crippen LogP contribution in [0.25, 0.3) is 0 Å². The van der Waals surface area contributed by atoms with Crippen LogP contribution in [0.2, 0.25) is 0 Å². The van der Waals surface area contributed by atoms with Crippen LogP contribution in [0, 0.1) is 0 Å². The molecule has 0 aliphatic heterocycles. The predicted octanol–water partition coefficient (Wildman–Crippen LogP) is 2.91. The number of thiazole rings is 1. The van der Waals surface area contributed by atoms with E-state index >= 15 is 0 Å². The number of aromatic nitrogens is 1. The molecule has 1 heterocycles. The molecule has 0 radical (unpaired) electrons. The molecule has 0 atom stereocenters. The Morgan fingerprint density at radius 1 is 1.30 bits per heavy atom. The van der Waals surface area contributed by atoms with E-state index in [4.69, 9.17) is 5.73 Å². The quantitative estimate of drug-likeness (QED) is 0.820. The highest BCUT2D eigenvalue weighted by atomic mass is 32.1. The van der Waals surface area contributed by atoms with Crippen LogP contribution in [0.4, 0.5) is 0 Å². The van der Waals surface area contributed by atoms with Gasteiger partial charge in [0.25, 0.3) is 5.91 Å². The highest BCUT2D eigenvalue weighted by molar-refractivity contribution is 7.09. The monoisotopic (exact) mass is 331 g/mol. The molecule has 1 aromatic carbocycles. The summed E-state index contributed by atoms with van der Waals surface area (Å²) < 4.78 is 0. The van der Waals surface area contributed by atoms with Gasteiger partial charge in [0, 0.05) is 23.8 Å². The molecule has 23 heavy (non-hydrogen) atoms. The lowest BCUT2D eigenvalue weighted by Crippen LogP contribution is -2.36. The molecule has 0 spiro atoms. The molecule has 1 amide bonds. The molecule has 2 aromatic rings. The molecular formula is C18H25N3OS. The summed E-state index contributed by atoms with van der Waals surface area (Å²) in [6.07, 6.45) is 1.75. The lowest BCUT2D eigenvalue weighted by atomic mass is 9.84. The number of carbonyl (C=O) groups is 1. The first-order chi connectivity index (χ1) is 11.0. The normalized spacial score (nSPS) is 11.5. The number of hydrogen-bond acceptors (Lipinski definition) is 4. The van der Waals surface area contributed by atoms with Crippen molar-refractivity contribution in [2.75, 3.05) is 13.1 Å². The van der Waals surface area contributed by atoms with Gasteiger partial charge in [0.15, 0.2) is 0 Å². The van der Waals surface area contributed by atoms with Crippen molar-refractivity contribution in [2.45, 2.75) is 39.0 Å². The van der Waals surface area contributed by atoms with E-state index in [1.165, 1.54) is 22.5 Å². The van der Waals surface area contributed by atoms with Gasteiger partial charge in [-0.3, -0.25) is 4.79 Å². The fraction of sp³-hybridized carbons (Fsp3) is 0.444. The van der Waals surface area contributed by atoms with E-state index in [9.17, 15) is 4.79 Å². The van der Waals surface area contributed by atoms with Gasteiger partial charge in [-0.25, -0.2) is 4.98 Å². The van der Waals surface area contributed by atoms with Crippen LogP contribution < -0.4 is 11.1 Å². The Kier molecular flexibility index (Phi) is 5.91. The van der Waals surface area contributed by atoms with Crippen LogP contribution in [-0.4, -0.2) is 24.0 Å². The Balaban J connectivity index is 1.98. The Hall–Kier alpha value is -1.72. The largest absolute Gasteiger partial charge is 0.350 e. The van der Waals surface area contributed by atoms with E-state index in [0.29, 0.717) is 25.2 Å². The van der Waals surface area contributed by atoms with E-state index in [2.05, 4.69) is 55.3 Å². The Morgan fingerprint density at radius 3 is 2.61 bits per heavy atom. The van der Waals surface area contributed by atoms with Crippen molar-refractivity contribution >= 4 is 17.2 Å². The maximum Gasteiger partial charge on any atom is 0.270 e. The Labute approximate surface area is 142 Å². The molecule has 0 unspecified atom stereocenters. The molecule has 3 N–H and O–H groups in total. The zero-order valence-electron chi connectivity index (χ0n) is 14.1. The maximum absolute atomic E-state index is 12.2. The number of nitrogens with two attached hydrogens (primary N) is 1. The summed E-state index contributed by atoms with van der Waals surface area (Å²) in [5.74, 6) is -0.122. The first-order valence-electron chi connectivity index (χ1n) is 7.98. The number of amides is 1. The van der Waals surface area contributed by atoms with E-state index in [0.717, 1.165) is 11.4 Å². The molecule has 5 heteroatoms. The molecule has 0 saturated carbocycles. The van der Waals surface area contributed by atoms with Crippen LogP contribution in [0.5, 0.6) is 0 Å². The first-order valence-corrected chi connectivity index (χ1v) is 8.86. The molecule has 0 saturated heterocycles. The van der Waals surface area contributed by atoms with Crippen molar-refractivity contribution in [3.05, 3.63) is 51.5 Å². The molecule has 0 aliphatic rings. The zero-order valence-corrected chi connectivity index (χ0v) is 14.9.